The Morgan fingerprint density at radius 3 is 2.55 bits per heavy atom. The van der Waals surface area contributed by atoms with Gasteiger partial charge in [-0.2, -0.15) is 0 Å². The van der Waals surface area contributed by atoms with Gasteiger partial charge < -0.3 is 5.32 Å². The Bertz CT molecular complexity index is 727. The highest BCUT2D eigenvalue weighted by atomic mass is 14.9. The van der Waals surface area contributed by atoms with E-state index in [4.69, 9.17) is 0 Å². The van der Waals surface area contributed by atoms with Gasteiger partial charge in [0.2, 0.25) is 0 Å². The van der Waals surface area contributed by atoms with E-state index < -0.39 is 0 Å². The van der Waals surface area contributed by atoms with Crippen LogP contribution in [0.25, 0.3) is 10.9 Å². The fraction of sp³-hybridized carbons (Fsp3) is 0.167. The third-order valence-corrected chi connectivity index (χ3v) is 3.62. The third kappa shape index (κ3) is 2.50. The summed E-state index contributed by atoms with van der Waals surface area (Å²) >= 11 is 0. The van der Waals surface area contributed by atoms with Gasteiger partial charge in [-0.05, 0) is 48.7 Å². The fourth-order valence-corrected chi connectivity index (χ4v) is 2.52. The van der Waals surface area contributed by atoms with Gasteiger partial charge in [-0.3, -0.25) is 4.98 Å². The van der Waals surface area contributed by atoms with Crippen molar-refractivity contribution in [2.45, 2.75) is 20.4 Å². The summed E-state index contributed by atoms with van der Waals surface area (Å²) in [5.41, 5.74) is 6.12. The molecule has 20 heavy (non-hydrogen) atoms. The first-order valence-electron chi connectivity index (χ1n) is 6.88. The second-order valence-corrected chi connectivity index (χ2v) is 5.15. The van der Waals surface area contributed by atoms with Gasteiger partial charge in [-0.1, -0.05) is 30.3 Å². The standard InChI is InChI=1S/C18H18N2/c1-13-5-3-6-14(2)18(13)20-12-15-8-9-17-16(11-15)7-4-10-19-17/h3-11,20H,12H2,1-2H3. The van der Waals surface area contributed by atoms with E-state index >= 15 is 0 Å². The molecule has 0 spiro atoms. The number of nitrogens with one attached hydrogen (secondary N) is 1. The number of hydrogen-bond donors (Lipinski definition) is 1. The minimum Gasteiger partial charge on any atom is -0.381 e. The van der Waals surface area contributed by atoms with Crippen molar-refractivity contribution in [1.82, 2.24) is 4.98 Å². The van der Waals surface area contributed by atoms with Crippen molar-refractivity contribution in [2.75, 3.05) is 5.32 Å². The van der Waals surface area contributed by atoms with Crippen molar-refractivity contribution in [1.29, 1.82) is 0 Å². The first kappa shape index (κ1) is 12.7. The highest BCUT2D eigenvalue weighted by Crippen LogP contribution is 2.21. The minimum absolute atomic E-state index is 0.830. The van der Waals surface area contributed by atoms with E-state index in [1.54, 1.807) is 0 Å². The molecule has 100 valence electrons. The van der Waals surface area contributed by atoms with Crippen LogP contribution in [0.3, 0.4) is 0 Å². The summed E-state index contributed by atoms with van der Waals surface area (Å²) in [4.78, 5) is 4.35. The maximum absolute atomic E-state index is 4.35. The molecule has 3 rings (SSSR count). The van der Waals surface area contributed by atoms with Crippen LogP contribution in [-0.4, -0.2) is 4.98 Å². The Hall–Kier alpha value is -2.35. The molecule has 0 radical (unpaired) electrons. The Morgan fingerprint density at radius 1 is 0.950 bits per heavy atom. The van der Waals surface area contributed by atoms with Crippen molar-refractivity contribution in [3.63, 3.8) is 0 Å². The molecule has 0 amide bonds. The molecule has 1 heterocycles. The number of fused-ring (bicyclic) bond motifs is 1. The Morgan fingerprint density at radius 2 is 1.75 bits per heavy atom. The Balaban J connectivity index is 1.83. The van der Waals surface area contributed by atoms with Crippen molar-refractivity contribution >= 4 is 16.6 Å². The number of nitrogens with zero attached hydrogens (tertiary/aromatic N) is 1. The summed E-state index contributed by atoms with van der Waals surface area (Å²) in [7, 11) is 0. The monoisotopic (exact) mass is 262 g/mol. The molecule has 0 fully saturated rings. The summed E-state index contributed by atoms with van der Waals surface area (Å²) in [5, 5.41) is 4.73. The fourth-order valence-electron chi connectivity index (χ4n) is 2.52. The van der Waals surface area contributed by atoms with Crippen LogP contribution in [0.2, 0.25) is 0 Å². The van der Waals surface area contributed by atoms with Gasteiger partial charge in [0.05, 0.1) is 5.52 Å². The number of aryl methyl sites for hydroxylation is 2. The van der Waals surface area contributed by atoms with Crippen molar-refractivity contribution in [3.05, 3.63) is 71.4 Å². The number of aromatic nitrogens is 1. The van der Waals surface area contributed by atoms with Gasteiger partial charge in [0.15, 0.2) is 0 Å². The van der Waals surface area contributed by atoms with Gasteiger partial charge >= 0.3 is 0 Å². The molecule has 0 aliphatic carbocycles. The number of benzene rings is 2. The lowest BCUT2D eigenvalue weighted by Gasteiger charge is -2.13. The molecule has 3 aromatic rings. The summed E-state index contributed by atoms with van der Waals surface area (Å²) in [5.74, 6) is 0. The molecule has 0 saturated carbocycles. The smallest absolute Gasteiger partial charge is 0.0702 e. The van der Waals surface area contributed by atoms with Crippen LogP contribution in [0.4, 0.5) is 5.69 Å². The van der Waals surface area contributed by atoms with E-state index in [1.807, 2.05) is 12.3 Å². The molecule has 2 heteroatoms. The molecule has 0 aliphatic rings. The molecule has 2 aromatic carbocycles. The van der Waals surface area contributed by atoms with Crippen LogP contribution in [-0.2, 0) is 6.54 Å². The predicted molar refractivity (Wildman–Crippen MR) is 85.0 cm³/mol. The van der Waals surface area contributed by atoms with Crippen LogP contribution < -0.4 is 5.32 Å². The molecule has 1 N–H and O–H groups in total. The zero-order chi connectivity index (χ0) is 13.9. The molecule has 0 unspecified atom stereocenters. The zero-order valence-corrected chi connectivity index (χ0v) is 11.9. The van der Waals surface area contributed by atoms with Gasteiger partial charge in [0, 0.05) is 23.8 Å². The SMILES string of the molecule is Cc1cccc(C)c1NCc1ccc2ncccc2c1. The minimum atomic E-state index is 0.830. The number of pyridine rings is 1. The highest BCUT2D eigenvalue weighted by Gasteiger charge is 2.02. The normalized spacial score (nSPS) is 10.7. The molecule has 0 aliphatic heterocycles. The largest absolute Gasteiger partial charge is 0.381 e. The zero-order valence-electron chi connectivity index (χ0n) is 11.9. The van der Waals surface area contributed by atoms with Crippen LogP contribution >= 0.6 is 0 Å². The summed E-state index contributed by atoms with van der Waals surface area (Å²) in [6.07, 6.45) is 1.83. The summed E-state index contributed by atoms with van der Waals surface area (Å²) in [6, 6.07) is 16.9. The Labute approximate surface area is 119 Å². The van der Waals surface area contributed by atoms with Gasteiger partial charge in [-0.25, -0.2) is 0 Å². The number of anilines is 1. The van der Waals surface area contributed by atoms with Crippen molar-refractivity contribution in [2.24, 2.45) is 0 Å². The van der Waals surface area contributed by atoms with Gasteiger partial charge in [0.1, 0.15) is 0 Å². The molecule has 2 nitrogen and oxygen atoms in total. The lowest BCUT2D eigenvalue weighted by Crippen LogP contribution is -2.02. The summed E-state index contributed by atoms with van der Waals surface area (Å²) in [6.45, 7) is 5.11. The number of para-hydroxylation sites is 1. The van der Waals surface area contributed by atoms with E-state index in [9.17, 15) is 0 Å². The lowest BCUT2D eigenvalue weighted by atomic mass is 10.1. The molecule has 0 saturated heterocycles. The van der Waals surface area contributed by atoms with Crippen LogP contribution in [0.15, 0.2) is 54.7 Å². The van der Waals surface area contributed by atoms with Gasteiger partial charge in [0.25, 0.3) is 0 Å². The third-order valence-electron chi connectivity index (χ3n) is 3.62. The first-order valence-corrected chi connectivity index (χ1v) is 6.88. The topological polar surface area (TPSA) is 24.9 Å². The van der Waals surface area contributed by atoms with Crippen molar-refractivity contribution in [3.8, 4) is 0 Å². The lowest BCUT2D eigenvalue weighted by molar-refractivity contribution is 1.13. The second-order valence-electron chi connectivity index (χ2n) is 5.15. The van der Waals surface area contributed by atoms with E-state index in [1.165, 1.54) is 27.8 Å². The number of hydrogen-bond acceptors (Lipinski definition) is 2. The average molecular weight is 262 g/mol. The highest BCUT2D eigenvalue weighted by molar-refractivity contribution is 5.79. The molecule has 0 atom stereocenters. The molecular formula is C18H18N2. The van der Waals surface area contributed by atoms with Gasteiger partial charge in [-0.15, -0.1) is 0 Å². The van der Waals surface area contributed by atoms with Crippen molar-refractivity contribution < 1.29 is 0 Å². The summed E-state index contributed by atoms with van der Waals surface area (Å²) < 4.78 is 0. The quantitative estimate of drug-likeness (QED) is 0.753. The molecular weight excluding hydrogens is 244 g/mol. The van der Waals surface area contributed by atoms with E-state index in [0.717, 1.165) is 12.1 Å². The maximum atomic E-state index is 4.35. The first-order chi connectivity index (χ1) is 9.74. The predicted octanol–water partition coefficient (Wildman–Crippen LogP) is 4.46. The van der Waals surface area contributed by atoms with Crippen LogP contribution in [0, 0.1) is 13.8 Å². The molecule has 1 aromatic heterocycles. The second kappa shape index (κ2) is 5.33. The van der Waals surface area contributed by atoms with Crippen LogP contribution in [0.5, 0.6) is 0 Å². The van der Waals surface area contributed by atoms with E-state index in [-0.39, 0.29) is 0 Å². The number of rotatable bonds is 3. The van der Waals surface area contributed by atoms with E-state index in [0.29, 0.717) is 0 Å². The van der Waals surface area contributed by atoms with Crippen LogP contribution in [0.1, 0.15) is 16.7 Å². The maximum Gasteiger partial charge on any atom is 0.0702 e. The van der Waals surface area contributed by atoms with E-state index in [2.05, 4.69) is 66.6 Å². The molecule has 0 bridgehead atoms. The average Bonchev–Trinajstić information content (AvgIpc) is 2.46. The Kier molecular flexibility index (Phi) is 3.38.